The van der Waals surface area contributed by atoms with Crippen molar-refractivity contribution in [3.63, 3.8) is 0 Å². The van der Waals surface area contributed by atoms with Crippen LogP contribution in [0, 0.1) is 11.7 Å². The monoisotopic (exact) mass is 287 g/mol. The quantitative estimate of drug-likeness (QED) is 0.853. The normalized spacial score (nSPS) is 14.8. The van der Waals surface area contributed by atoms with Gasteiger partial charge in [0, 0.05) is 16.1 Å². The smallest absolute Gasteiger partial charge is 0.128 e. The van der Waals surface area contributed by atoms with Crippen LogP contribution in [0.1, 0.15) is 44.7 Å². The Morgan fingerprint density at radius 2 is 2.12 bits per heavy atom. The van der Waals surface area contributed by atoms with Gasteiger partial charge in [-0.1, -0.05) is 42.6 Å². The van der Waals surface area contributed by atoms with E-state index < -0.39 is 0 Å². The van der Waals surface area contributed by atoms with Crippen molar-refractivity contribution in [1.29, 1.82) is 0 Å². The highest BCUT2D eigenvalue weighted by atomic mass is 79.9. The third-order valence-electron chi connectivity index (χ3n) is 2.80. The first-order valence-electron chi connectivity index (χ1n) is 5.75. The Bertz CT molecular complexity index is 341. The highest BCUT2D eigenvalue weighted by Crippen LogP contribution is 2.26. The third-order valence-corrected chi connectivity index (χ3v) is 3.29. The molecule has 0 spiro atoms. The molecule has 0 bridgehead atoms. The van der Waals surface area contributed by atoms with E-state index in [1.807, 2.05) is 0 Å². The lowest BCUT2D eigenvalue weighted by Crippen LogP contribution is -2.15. The SMILES string of the molecule is CCCC(C)CC(N)c1cc(Br)ccc1F. The zero-order valence-electron chi connectivity index (χ0n) is 9.84. The number of halogens is 2. The molecule has 0 aromatic heterocycles. The van der Waals surface area contributed by atoms with Gasteiger partial charge in [-0.05, 0) is 30.5 Å². The molecule has 0 aliphatic heterocycles. The van der Waals surface area contributed by atoms with Gasteiger partial charge in [-0.25, -0.2) is 4.39 Å². The molecule has 3 heteroatoms. The van der Waals surface area contributed by atoms with Crippen molar-refractivity contribution in [2.75, 3.05) is 0 Å². The molecule has 0 aliphatic carbocycles. The fraction of sp³-hybridized carbons (Fsp3) is 0.538. The highest BCUT2D eigenvalue weighted by Gasteiger charge is 2.14. The van der Waals surface area contributed by atoms with Gasteiger partial charge in [0.2, 0.25) is 0 Å². The van der Waals surface area contributed by atoms with Gasteiger partial charge in [-0.15, -0.1) is 0 Å². The summed E-state index contributed by atoms with van der Waals surface area (Å²) < 4.78 is 14.4. The maximum Gasteiger partial charge on any atom is 0.128 e. The molecule has 0 saturated heterocycles. The van der Waals surface area contributed by atoms with Gasteiger partial charge in [0.05, 0.1) is 0 Å². The lowest BCUT2D eigenvalue weighted by molar-refractivity contribution is 0.431. The second-order valence-corrected chi connectivity index (χ2v) is 5.32. The van der Waals surface area contributed by atoms with Crippen LogP contribution < -0.4 is 5.73 Å². The maximum atomic E-state index is 13.6. The summed E-state index contributed by atoms with van der Waals surface area (Å²) in [5.41, 5.74) is 6.64. The summed E-state index contributed by atoms with van der Waals surface area (Å²) in [6.07, 6.45) is 3.12. The molecule has 1 rings (SSSR count). The Labute approximate surface area is 105 Å². The van der Waals surface area contributed by atoms with Gasteiger partial charge in [0.15, 0.2) is 0 Å². The van der Waals surface area contributed by atoms with Crippen LogP contribution in [-0.4, -0.2) is 0 Å². The summed E-state index contributed by atoms with van der Waals surface area (Å²) in [7, 11) is 0. The minimum atomic E-state index is -0.209. The van der Waals surface area contributed by atoms with Crippen LogP contribution in [0.4, 0.5) is 4.39 Å². The first kappa shape index (κ1) is 13.7. The molecule has 0 radical (unpaired) electrons. The summed E-state index contributed by atoms with van der Waals surface area (Å²) in [6.45, 7) is 4.32. The summed E-state index contributed by atoms with van der Waals surface area (Å²) in [5.74, 6) is 0.331. The fourth-order valence-electron chi connectivity index (χ4n) is 1.97. The van der Waals surface area contributed by atoms with Crippen molar-refractivity contribution in [3.8, 4) is 0 Å². The molecule has 1 aromatic rings. The molecule has 90 valence electrons. The average Bonchev–Trinajstić information content (AvgIpc) is 2.21. The molecular weight excluding hydrogens is 269 g/mol. The summed E-state index contributed by atoms with van der Waals surface area (Å²) in [5, 5.41) is 0. The van der Waals surface area contributed by atoms with Gasteiger partial charge < -0.3 is 5.73 Å². The van der Waals surface area contributed by atoms with E-state index >= 15 is 0 Å². The summed E-state index contributed by atoms with van der Waals surface area (Å²) in [6, 6.07) is 4.72. The Morgan fingerprint density at radius 3 is 2.75 bits per heavy atom. The zero-order chi connectivity index (χ0) is 12.1. The Kier molecular flexibility index (Phi) is 5.42. The van der Waals surface area contributed by atoms with Crippen LogP contribution in [0.15, 0.2) is 22.7 Å². The maximum absolute atomic E-state index is 13.6. The molecule has 1 nitrogen and oxygen atoms in total. The average molecular weight is 288 g/mol. The zero-order valence-corrected chi connectivity index (χ0v) is 11.4. The van der Waals surface area contributed by atoms with E-state index in [2.05, 4.69) is 29.8 Å². The second-order valence-electron chi connectivity index (χ2n) is 4.40. The van der Waals surface area contributed by atoms with Gasteiger partial charge in [-0.3, -0.25) is 0 Å². The first-order valence-corrected chi connectivity index (χ1v) is 6.54. The summed E-state index contributed by atoms with van der Waals surface area (Å²) in [4.78, 5) is 0. The van der Waals surface area contributed by atoms with Crippen molar-refractivity contribution >= 4 is 15.9 Å². The minimum absolute atomic E-state index is 0.209. The lowest BCUT2D eigenvalue weighted by Gasteiger charge is -2.17. The van der Waals surface area contributed by atoms with E-state index in [4.69, 9.17) is 5.73 Å². The second kappa shape index (κ2) is 6.36. The standard InChI is InChI=1S/C13H19BrFN/c1-3-4-9(2)7-13(16)11-8-10(14)5-6-12(11)15/h5-6,8-9,13H,3-4,7,16H2,1-2H3. The largest absolute Gasteiger partial charge is 0.324 e. The van der Waals surface area contributed by atoms with Gasteiger partial charge >= 0.3 is 0 Å². The number of benzene rings is 1. The van der Waals surface area contributed by atoms with Crippen molar-refractivity contribution in [3.05, 3.63) is 34.1 Å². The molecule has 2 atom stereocenters. The van der Waals surface area contributed by atoms with Crippen molar-refractivity contribution in [2.24, 2.45) is 11.7 Å². The topological polar surface area (TPSA) is 26.0 Å². The van der Waals surface area contributed by atoms with Crippen molar-refractivity contribution in [1.82, 2.24) is 0 Å². The molecule has 2 N–H and O–H groups in total. The highest BCUT2D eigenvalue weighted by molar-refractivity contribution is 9.10. The first-order chi connectivity index (χ1) is 7.54. The number of nitrogens with two attached hydrogens (primary N) is 1. The molecule has 1 aromatic carbocycles. The van der Waals surface area contributed by atoms with Crippen LogP contribution in [0.25, 0.3) is 0 Å². The molecule has 0 aliphatic rings. The van der Waals surface area contributed by atoms with Gasteiger partial charge in [-0.2, -0.15) is 0 Å². The van der Waals surface area contributed by atoms with Crippen LogP contribution in [-0.2, 0) is 0 Å². The van der Waals surface area contributed by atoms with Crippen LogP contribution in [0.3, 0.4) is 0 Å². The van der Waals surface area contributed by atoms with E-state index in [9.17, 15) is 4.39 Å². The van der Waals surface area contributed by atoms with Crippen LogP contribution in [0.2, 0.25) is 0 Å². The lowest BCUT2D eigenvalue weighted by atomic mass is 9.93. The third kappa shape index (κ3) is 3.87. The van der Waals surface area contributed by atoms with Crippen molar-refractivity contribution in [2.45, 2.75) is 39.2 Å². The van der Waals surface area contributed by atoms with E-state index in [1.54, 1.807) is 12.1 Å². The molecule has 0 heterocycles. The molecular formula is C13H19BrFN. The number of hydrogen-bond acceptors (Lipinski definition) is 1. The van der Waals surface area contributed by atoms with E-state index in [-0.39, 0.29) is 11.9 Å². The van der Waals surface area contributed by atoms with E-state index in [0.717, 1.165) is 23.7 Å². The van der Waals surface area contributed by atoms with Gasteiger partial charge in [0.1, 0.15) is 5.82 Å². The van der Waals surface area contributed by atoms with Gasteiger partial charge in [0.25, 0.3) is 0 Å². The predicted molar refractivity (Wildman–Crippen MR) is 69.7 cm³/mol. The summed E-state index contributed by atoms with van der Waals surface area (Å²) >= 11 is 3.34. The molecule has 2 unspecified atom stereocenters. The Morgan fingerprint density at radius 1 is 1.44 bits per heavy atom. The van der Waals surface area contributed by atoms with Crippen LogP contribution in [0.5, 0.6) is 0 Å². The number of hydrogen-bond donors (Lipinski definition) is 1. The molecule has 0 amide bonds. The molecule has 0 saturated carbocycles. The molecule has 16 heavy (non-hydrogen) atoms. The van der Waals surface area contributed by atoms with E-state index in [1.165, 1.54) is 6.07 Å². The Hall–Kier alpha value is -0.410. The fourth-order valence-corrected chi connectivity index (χ4v) is 2.35. The Balaban J connectivity index is 2.72. The minimum Gasteiger partial charge on any atom is -0.324 e. The van der Waals surface area contributed by atoms with E-state index in [0.29, 0.717) is 11.5 Å². The predicted octanol–water partition coefficient (Wildman–Crippen LogP) is 4.41. The molecule has 0 fully saturated rings. The van der Waals surface area contributed by atoms with Crippen LogP contribution >= 0.6 is 15.9 Å². The van der Waals surface area contributed by atoms with Crippen molar-refractivity contribution < 1.29 is 4.39 Å². The number of rotatable bonds is 5.